The third-order valence-corrected chi connectivity index (χ3v) is 3.86. The number of carbonyl (C=O) groups is 1. The van der Waals surface area contributed by atoms with Gasteiger partial charge < -0.3 is 10.3 Å². The first kappa shape index (κ1) is 12.7. The van der Waals surface area contributed by atoms with E-state index in [0.29, 0.717) is 6.54 Å². The molecule has 0 bridgehead atoms. The molecule has 4 nitrogen and oxygen atoms in total. The van der Waals surface area contributed by atoms with Gasteiger partial charge in [0.05, 0.1) is 5.00 Å². The number of carbonyl (C=O) groups excluding carboxylic acids is 1. The molecule has 0 atom stereocenters. The average molecular weight is 285 g/mol. The van der Waals surface area contributed by atoms with Crippen LogP contribution in [-0.2, 0) is 6.42 Å². The molecule has 102 valence electrons. The van der Waals surface area contributed by atoms with E-state index < -0.39 is 0 Å². The van der Waals surface area contributed by atoms with Gasteiger partial charge in [-0.15, -0.1) is 11.3 Å². The lowest BCUT2D eigenvalue weighted by Crippen LogP contribution is -2.30. The monoisotopic (exact) mass is 285 g/mol. The number of anilines is 1. The van der Waals surface area contributed by atoms with Gasteiger partial charge in [0.15, 0.2) is 0 Å². The molecule has 3 rings (SSSR count). The largest absolute Gasteiger partial charge is 0.361 e. The predicted molar refractivity (Wildman–Crippen MR) is 83.3 cm³/mol. The van der Waals surface area contributed by atoms with Gasteiger partial charge in [0.25, 0.3) is 0 Å². The summed E-state index contributed by atoms with van der Waals surface area (Å²) in [6, 6.07) is 12.0. The molecular formula is C15H15N3OS. The van der Waals surface area contributed by atoms with Crippen LogP contribution in [0.4, 0.5) is 9.80 Å². The number of urea groups is 1. The third-order valence-electron chi connectivity index (χ3n) is 3.08. The molecule has 3 N–H and O–H groups in total. The van der Waals surface area contributed by atoms with E-state index in [-0.39, 0.29) is 6.03 Å². The molecular weight excluding hydrogens is 270 g/mol. The highest BCUT2D eigenvalue weighted by atomic mass is 32.1. The highest BCUT2D eigenvalue weighted by molar-refractivity contribution is 7.14. The Bertz CT molecular complexity index is 703. The maximum atomic E-state index is 11.6. The molecule has 0 saturated heterocycles. The van der Waals surface area contributed by atoms with Crippen molar-refractivity contribution in [2.45, 2.75) is 6.42 Å². The summed E-state index contributed by atoms with van der Waals surface area (Å²) in [6.45, 7) is 0.615. The fourth-order valence-electron chi connectivity index (χ4n) is 2.08. The molecule has 0 radical (unpaired) electrons. The average Bonchev–Trinajstić information content (AvgIpc) is 3.09. The van der Waals surface area contributed by atoms with Gasteiger partial charge in [-0.25, -0.2) is 4.79 Å². The molecule has 2 aromatic heterocycles. The number of aromatic amines is 1. The lowest BCUT2D eigenvalue weighted by molar-refractivity contribution is 0.252. The van der Waals surface area contributed by atoms with E-state index in [9.17, 15) is 4.79 Å². The van der Waals surface area contributed by atoms with Crippen molar-refractivity contribution < 1.29 is 4.79 Å². The van der Waals surface area contributed by atoms with Crippen LogP contribution in [0.2, 0.25) is 0 Å². The smallest absolute Gasteiger partial charge is 0.319 e. The van der Waals surface area contributed by atoms with Crippen molar-refractivity contribution in [2.24, 2.45) is 0 Å². The number of fused-ring (bicyclic) bond motifs is 1. The van der Waals surface area contributed by atoms with Crippen molar-refractivity contribution in [2.75, 3.05) is 11.9 Å². The highest BCUT2D eigenvalue weighted by Crippen LogP contribution is 2.15. The summed E-state index contributed by atoms with van der Waals surface area (Å²) in [5.41, 5.74) is 2.34. The first-order valence-corrected chi connectivity index (χ1v) is 7.33. The Labute approximate surface area is 120 Å². The van der Waals surface area contributed by atoms with Crippen LogP contribution in [0, 0.1) is 0 Å². The second kappa shape index (κ2) is 5.79. The molecule has 0 spiro atoms. The van der Waals surface area contributed by atoms with Gasteiger partial charge in [-0.2, -0.15) is 0 Å². The molecule has 0 aliphatic carbocycles. The first-order chi connectivity index (χ1) is 9.81. The zero-order valence-corrected chi connectivity index (χ0v) is 11.7. The van der Waals surface area contributed by atoms with Crippen molar-refractivity contribution in [3.05, 3.63) is 53.5 Å². The van der Waals surface area contributed by atoms with Crippen LogP contribution in [0.1, 0.15) is 5.56 Å². The van der Waals surface area contributed by atoms with Crippen molar-refractivity contribution in [1.29, 1.82) is 0 Å². The van der Waals surface area contributed by atoms with Crippen molar-refractivity contribution in [3.8, 4) is 0 Å². The van der Waals surface area contributed by atoms with Crippen LogP contribution in [0.15, 0.2) is 48.0 Å². The minimum absolute atomic E-state index is 0.159. The molecule has 0 aliphatic rings. The summed E-state index contributed by atoms with van der Waals surface area (Å²) in [7, 11) is 0. The Morgan fingerprint density at radius 1 is 1.25 bits per heavy atom. The fourth-order valence-corrected chi connectivity index (χ4v) is 2.69. The van der Waals surface area contributed by atoms with E-state index in [1.54, 1.807) is 0 Å². The van der Waals surface area contributed by atoms with E-state index in [1.807, 2.05) is 29.8 Å². The van der Waals surface area contributed by atoms with Crippen LogP contribution >= 0.6 is 11.3 Å². The quantitative estimate of drug-likeness (QED) is 0.674. The molecule has 0 unspecified atom stereocenters. The number of benzene rings is 1. The van der Waals surface area contributed by atoms with Gasteiger partial charge in [0.1, 0.15) is 0 Å². The Hall–Kier alpha value is -2.27. The van der Waals surface area contributed by atoms with E-state index in [0.717, 1.165) is 16.9 Å². The Morgan fingerprint density at radius 2 is 2.20 bits per heavy atom. The third kappa shape index (κ3) is 3.00. The molecule has 2 heterocycles. The Kier molecular flexibility index (Phi) is 3.69. The number of hydrogen-bond acceptors (Lipinski definition) is 2. The normalized spacial score (nSPS) is 10.6. The fraction of sp³-hybridized carbons (Fsp3) is 0.133. The summed E-state index contributed by atoms with van der Waals surface area (Å²) >= 11 is 1.51. The minimum atomic E-state index is -0.159. The topological polar surface area (TPSA) is 56.9 Å². The maximum Gasteiger partial charge on any atom is 0.319 e. The molecule has 3 aromatic rings. The number of H-pyrrole nitrogens is 1. The van der Waals surface area contributed by atoms with Gasteiger partial charge in [0, 0.05) is 18.3 Å². The summed E-state index contributed by atoms with van der Waals surface area (Å²) in [6.07, 6.45) is 2.74. The summed E-state index contributed by atoms with van der Waals surface area (Å²) in [5, 5.41) is 9.65. The maximum absolute atomic E-state index is 11.6. The number of aromatic nitrogens is 1. The standard InChI is InChI=1S/C15H15N3OS/c19-15(18-14-2-1-9-20-14)17-7-5-11-3-4-12-6-8-16-13(12)10-11/h1-4,6,8-10,16H,5,7H2,(H2,17,18,19). The predicted octanol–water partition coefficient (Wildman–Crippen LogP) is 3.59. The zero-order chi connectivity index (χ0) is 13.8. The SMILES string of the molecule is O=C(NCCc1ccc2cc[nH]c2c1)Nc1cccs1. The molecule has 5 heteroatoms. The van der Waals surface area contributed by atoms with Crippen molar-refractivity contribution in [3.63, 3.8) is 0 Å². The minimum Gasteiger partial charge on any atom is -0.361 e. The van der Waals surface area contributed by atoms with Crippen LogP contribution in [0.25, 0.3) is 10.9 Å². The van der Waals surface area contributed by atoms with E-state index in [1.165, 1.54) is 22.3 Å². The number of amides is 2. The van der Waals surface area contributed by atoms with Crippen LogP contribution in [0.3, 0.4) is 0 Å². The lowest BCUT2D eigenvalue weighted by Gasteiger charge is -2.06. The number of thiophene rings is 1. The number of nitrogens with one attached hydrogen (secondary N) is 3. The molecule has 1 aromatic carbocycles. The molecule has 0 aliphatic heterocycles. The summed E-state index contributed by atoms with van der Waals surface area (Å²) in [4.78, 5) is 14.8. The van der Waals surface area contributed by atoms with Crippen molar-refractivity contribution >= 4 is 33.3 Å². The van der Waals surface area contributed by atoms with Crippen LogP contribution < -0.4 is 10.6 Å². The molecule has 20 heavy (non-hydrogen) atoms. The van der Waals surface area contributed by atoms with Gasteiger partial charge in [-0.1, -0.05) is 12.1 Å². The Balaban J connectivity index is 1.50. The summed E-state index contributed by atoms with van der Waals surface area (Å²) < 4.78 is 0. The molecule has 0 fully saturated rings. The van der Waals surface area contributed by atoms with E-state index in [4.69, 9.17) is 0 Å². The lowest BCUT2D eigenvalue weighted by atomic mass is 10.1. The van der Waals surface area contributed by atoms with Gasteiger partial charge in [-0.05, 0) is 47.0 Å². The summed E-state index contributed by atoms with van der Waals surface area (Å²) in [5.74, 6) is 0. The molecule has 0 saturated carbocycles. The number of hydrogen-bond donors (Lipinski definition) is 3. The van der Waals surface area contributed by atoms with E-state index >= 15 is 0 Å². The second-order valence-corrected chi connectivity index (χ2v) is 5.46. The van der Waals surface area contributed by atoms with Crippen LogP contribution in [-0.4, -0.2) is 17.6 Å². The number of rotatable bonds is 4. The Morgan fingerprint density at radius 3 is 3.05 bits per heavy atom. The second-order valence-electron chi connectivity index (χ2n) is 4.51. The van der Waals surface area contributed by atoms with Crippen molar-refractivity contribution in [1.82, 2.24) is 10.3 Å². The first-order valence-electron chi connectivity index (χ1n) is 6.46. The van der Waals surface area contributed by atoms with Crippen LogP contribution in [0.5, 0.6) is 0 Å². The van der Waals surface area contributed by atoms with Gasteiger partial charge in [0.2, 0.25) is 0 Å². The molecule has 2 amide bonds. The van der Waals surface area contributed by atoms with Gasteiger partial charge in [-0.3, -0.25) is 5.32 Å². The highest BCUT2D eigenvalue weighted by Gasteiger charge is 2.02. The van der Waals surface area contributed by atoms with Gasteiger partial charge >= 0.3 is 6.03 Å². The zero-order valence-electron chi connectivity index (χ0n) is 10.8. The van der Waals surface area contributed by atoms with E-state index in [2.05, 4.69) is 33.8 Å².